The van der Waals surface area contributed by atoms with Gasteiger partial charge >= 0.3 is 0 Å². The van der Waals surface area contributed by atoms with E-state index in [4.69, 9.17) is 0 Å². The minimum Gasteiger partial charge on any atom is -0.354 e. The number of aromatic amines is 1. The molecule has 2 aliphatic carbocycles. The number of aromatic nitrogens is 1. The summed E-state index contributed by atoms with van der Waals surface area (Å²) in [5, 5.41) is 10.7. The van der Waals surface area contributed by atoms with E-state index in [1.54, 1.807) is 0 Å². The van der Waals surface area contributed by atoms with Crippen LogP contribution in [-0.2, 0) is 0 Å². The molecule has 0 bridgehead atoms. The topological polar surface area (TPSA) is 15.8 Å². The second kappa shape index (κ2) is 5.33. The van der Waals surface area contributed by atoms with Crippen molar-refractivity contribution in [3.63, 3.8) is 0 Å². The normalized spacial score (nSPS) is 12.5. The zero-order valence-electron chi connectivity index (χ0n) is 16.7. The Bertz CT molecular complexity index is 1870. The molecule has 0 saturated heterocycles. The van der Waals surface area contributed by atoms with E-state index in [0.717, 1.165) is 0 Å². The summed E-state index contributed by atoms with van der Waals surface area (Å²) < 4.78 is 0. The second-order valence-corrected chi connectivity index (χ2v) is 8.59. The van der Waals surface area contributed by atoms with Crippen molar-refractivity contribution >= 4 is 54.1 Å². The molecule has 1 heteroatoms. The first-order valence-corrected chi connectivity index (χ1v) is 10.8. The fourth-order valence-electron chi connectivity index (χ4n) is 5.92. The first-order valence-electron chi connectivity index (χ1n) is 10.8. The lowest BCUT2D eigenvalue weighted by Gasteiger charge is -2.11. The lowest BCUT2D eigenvalue weighted by Crippen LogP contribution is -1.84. The molecule has 8 rings (SSSR count). The zero-order valence-corrected chi connectivity index (χ0v) is 16.7. The number of hydrogen-bond acceptors (Lipinski definition) is 0. The highest BCUT2D eigenvalue weighted by atomic mass is 14.7. The van der Waals surface area contributed by atoms with E-state index >= 15 is 0 Å². The standard InChI is InChI=1S/C30H17N/c1-2-7-17(8-3-1)25-22-12-6-9-18-13-15-23-29(26(18)22)30-24(31-23)16-14-21-19-10-4-5-11-20(19)27(25)28(21)30/h1-16,31H. The van der Waals surface area contributed by atoms with Gasteiger partial charge in [-0.25, -0.2) is 0 Å². The van der Waals surface area contributed by atoms with E-state index < -0.39 is 0 Å². The molecular weight excluding hydrogens is 374 g/mol. The summed E-state index contributed by atoms with van der Waals surface area (Å²) >= 11 is 0. The van der Waals surface area contributed by atoms with Gasteiger partial charge in [-0.05, 0) is 61.1 Å². The van der Waals surface area contributed by atoms with Gasteiger partial charge in [0.15, 0.2) is 0 Å². The predicted molar refractivity (Wildman–Crippen MR) is 133 cm³/mol. The van der Waals surface area contributed by atoms with Gasteiger partial charge in [-0.1, -0.05) is 84.9 Å². The highest BCUT2D eigenvalue weighted by Gasteiger charge is 2.26. The molecule has 0 atom stereocenters. The maximum Gasteiger partial charge on any atom is 0.0471 e. The van der Waals surface area contributed by atoms with Gasteiger partial charge < -0.3 is 4.98 Å². The third kappa shape index (κ3) is 1.79. The maximum absolute atomic E-state index is 3.71. The molecule has 0 amide bonds. The number of nitrogens with one attached hydrogen (secondary N) is 1. The van der Waals surface area contributed by atoms with Gasteiger partial charge in [-0.15, -0.1) is 0 Å². The largest absolute Gasteiger partial charge is 0.354 e. The minimum absolute atomic E-state index is 1.22. The van der Waals surface area contributed by atoms with Crippen molar-refractivity contribution in [1.29, 1.82) is 0 Å². The first kappa shape index (κ1) is 15.7. The number of benzene rings is 5. The number of hydrogen-bond donors (Lipinski definition) is 1. The Morgan fingerprint density at radius 2 is 1.10 bits per heavy atom. The van der Waals surface area contributed by atoms with Crippen LogP contribution in [0, 0.1) is 0 Å². The van der Waals surface area contributed by atoms with Crippen molar-refractivity contribution in [3.8, 4) is 22.3 Å². The SMILES string of the molecule is c1ccc(-c2c3c4ccccc4c4ccc5[nH]c6ccc7cccc2c7c6c5c4-3)cc1. The minimum atomic E-state index is 1.22. The van der Waals surface area contributed by atoms with Crippen molar-refractivity contribution in [3.05, 3.63) is 97.1 Å². The molecule has 142 valence electrons. The fraction of sp³-hybridized carbons (Fsp3) is 0. The Kier molecular flexibility index (Phi) is 2.70. The van der Waals surface area contributed by atoms with E-state index in [1.165, 1.54) is 76.4 Å². The Hall–Kier alpha value is -4.10. The van der Waals surface area contributed by atoms with E-state index in [1.807, 2.05) is 0 Å². The molecule has 2 aliphatic rings. The third-order valence-corrected chi connectivity index (χ3v) is 7.09. The number of fused-ring (bicyclic) bond motifs is 3. The van der Waals surface area contributed by atoms with Crippen LogP contribution in [0.4, 0.5) is 0 Å². The molecule has 0 radical (unpaired) electrons. The van der Waals surface area contributed by atoms with Crippen molar-refractivity contribution in [2.24, 2.45) is 0 Å². The van der Waals surface area contributed by atoms with Crippen LogP contribution in [0.25, 0.3) is 76.4 Å². The summed E-state index contributed by atoms with van der Waals surface area (Å²) in [7, 11) is 0. The molecule has 1 heterocycles. The molecule has 6 aromatic rings. The highest BCUT2D eigenvalue weighted by Crippen LogP contribution is 2.54. The summed E-state index contributed by atoms with van der Waals surface area (Å²) in [6.45, 7) is 0. The molecule has 0 fully saturated rings. The van der Waals surface area contributed by atoms with Crippen molar-refractivity contribution in [2.75, 3.05) is 0 Å². The number of H-pyrrole nitrogens is 1. The van der Waals surface area contributed by atoms with Crippen LogP contribution in [-0.4, -0.2) is 4.98 Å². The number of rotatable bonds is 1. The third-order valence-electron chi connectivity index (χ3n) is 7.09. The van der Waals surface area contributed by atoms with Gasteiger partial charge in [0, 0.05) is 27.4 Å². The van der Waals surface area contributed by atoms with E-state index in [9.17, 15) is 0 Å². The van der Waals surface area contributed by atoms with Gasteiger partial charge in [-0.3, -0.25) is 0 Å². The van der Waals surface area contributed by atoms with Gasteiger partial charge in [0.25, 0.3) is 0 Å². The molecule has 5 aromatic carbocycles. The smallest absolute Gasteiger partial charge is 0.0471 e. The average Bonchev–Trinajstić information content (AvgIpc) is 3.32. The van der Waals surface area contributed by atoms with Crippen molar-refractivity contribution in [2.45, 2.75) is 0 Å². The Balaban J connectivity index is 1.84. The fourth-order valence-corrected chi connectivity index (χ4v) is 5.92. The Morgan fingerprint density at radius 3 is 2.00 bits per heavy atom. The summed E-state index contributed by atoms with van der Waals surface area (Å²) in [5.41, 5.74) is 7.80. The molecule has 1 nitrogen and oxygen atoms in total. The van der Waals surface area contributed by atoms with Gasteiger partial charge in [0.05, 0.1) is 0 Å². The lowest BCUT2D eigenvalue weighted by molar-refractivity contribution is 1.55. The van der Waals surface area contributed by atoms with Crippen LogP contribution in [0.5, 0.6) is 0 Å². The van der Waals surface area contributed by atoms with Gasteiger partial charge in [-0.2, -0.15) is 0 Å². The van der Waals surface area contributed by atoms with Crippen LogP contribution >= 0.6 is 0 Å². The highest BCUT2D eigenvalue weighted by molar-refractivity contribution is 6.38. The molecular formula is C30H17N. The predicted octanol–water partition coefficient (Wildman–Crippen LogP) is 8.43. The zero-order chi connectivity index (χ0) is 20.1. The molecule has 1 aromatic heterocycles. The van der Waals surface area contributed by atoms with Crippen molar-refractivity contribution < 1.29 is 0 Å². The van der Waals surface area contributed by atoms with E-state index in [2.05, 4.69) is 102 Å². The Morgan fingerprint density at radius 1 is 0.387 bits per heavy atom. The van der Waals surface area contributed by atoms with E-state index in [0.29, 0.717) is 0 Å². The van der Waals surface area contributed by atoms with E-state index in [-0.39, 0.29) is 0 Å². The molecule has 0 spiro atoms. The van der Waals surface area contributed by atoms with Crippen LogP contribution in [0.3, 0.4) is 0 Å². The molecule has 31 heavy (non-hydrogen) atoms. The van der Waals surface area contributed by atoms with Crippen LogP contribution in [0.1, 0.15) is 0 Å². The summed E-state index contributed by atoms with van der Waals surface area (Å²) in [6.07, 6.45) is 0. The van der Waals surface area contributed by atoms with Crippen LogP contribution < -0.4 is 0 Å². The second-order valence-electron chi connectivity index (χ2n) is 8.59. The summed E-state index contributed by atoms with van der Waals surface area (Å²) in [5.74, 6) is 0. The summed E-state index contributed by atoms with van der Waals surface area (Å²) in [4.78, 5) is 3.71. The molecule has 0 saturated carbocycles. The van der Waals surface area contributed by atoms with Crippen molar-refractivity contribution in [1.82, 2.24) is 4.98 Å². The van der Waals surface area contributed by atoms with Gasteiger partial charge in [0.1, 0.15) is 0 Å². The first-order chi connectivity index (χ1) is 15.4. The van der Waals surface area contributed by atoms with Crippen LogP contribution in [0.15, 0.2) is 97.1 Å². The summed E-state index contributed by atoms with van der Waals surface area (Å²) in [6, 6.07) is 35.6. The average molecular weight is 391 g/mol. The maximum atomic E-state index is 3.71. The molecule has 1 N–H and O–H groups in total. The molecule has 0 aliphatic heterocycles. The molecule has 0 unspecified atom stereocenters. The van der Waals surface area contributed by atoms with Crippen LogP contribution in [0.2, 0.25) is 0 Å². The quantitative estimate of drug-likeness (QED) is 0.289. The monoisotopic (exact) mass is 391 g/mol. The van der Waals surface area contributed by atoms with Gasteiger partial charge in [0.2, 0.25) is 0 Å². The lowest BCUT2D eigenvalue weighted by atomic mass is 9.92. The Labute approximate surface area is 178 Å².